The first-order valence-electron chi connectivity index (χ1n) is 6.91. The van der Waals surface area contributed by atoms with Gasteiger partial charge in [-0.1, -0.05) is 6.92 Å². The number of carbonyl (C=O) groups excluding carboxylic acids is 2. The van der Waals surface area contributed by atoms with Gasteiger partial charge in [-0.2, -0.15) is 0 Å². The van der Waals surface area contributed by atoms with Crippen LogP contribution in [-0.4, -0.2) is 39.3 Å². The Morgan fingerprint density at radius 3 is 2.86 bits per heavy atom. The summed E-state index contributed by atoms with van der Waals surface area (Å²) in [5.74, 6) is -0.325. The summed E-state index contributed by atoms with van der Waals surface area (Å²) >= 11 is 0. The number of H-pyrrole nitrogens is 2. The Morgan fingerprint density at radius 1 is 1.43 bits per heavy atom. The van der Waals surface area contributed by atoms with Gasteiger partial charge in [-0.3, -0.25) is 19.4 Å². The number of hydrogen-bond donors (Lipinski definition) is 3. The highest BCUT2D eigenvalue weighted by molar-refractivity contribution is 5.88. The molecule has 0 bridgehead atoms. The van der Waals surface area contributed by atoms with E-state index < -0.39 is 17.3 Å². The highest BCUT2D eigenvalue weighted by atomic mass is 16.2. The third kappa shape index (κ3) is 3.39. The third-order valence-electron chi connectivity index (χ3n) is 3.53. The molecule has 114 valence electrons. The standard InChI is InChI=1S/C13H18N4O4/c1-2-10(18)17-5-3-4-9(17)12(20)14-6-8-7-15-13(21)16-11(8)19/h7,9H,2-6H2,1H3,(H,14,20)(H2,15,16,19,21)/t9-/m0/s1. The number of nitrogens with one attached hydrogen (secondary N) is 3. The molecule has 2 amide bonds. The van der Waals surface area contributed by atoms with Gasteiger partial charge >= 0.3 is 5.69 Å². The van der Waals surface area contributed by atoms with Crippen LogP contribution in [0.25, 0.3) is 0 Å². The molecule has 1 fully saturated rings. The first kappa shape index (κ1) is 15.0. The summed E-state index contributed by atoms with van der Waals surface area (Å²) in [4.78, 5) is 52.3. The summed E-state index contributed by atoms with van der Waals surface area (Å²) in [5, 5.41) is 2.64. The highest BCUT2D eigenvalue weighted by Crippen LogP contribution is 2.18. The Labute approximate surface area is 120 Å². The second-order valence-corrected chi connectivity index (χ2v) is 4.91. The Balaban J connectivity index is 1.99. The van der Waals surface area contributed by atoms with Gasteiger partial charge in [0, 0.05) is 25.7 Å². The molecule has 1 aliphatic heterocycles. The molecule has 1 aromatic rings. The van der Waals surface area contributed by atoms with Gasteiger partial charge < -0.3 is 15.2 Å². The molecule has 0 radical (unpaired) electrons. The van der Waals surface area contributed by atoms with E-state index in [2.05, 4.69) is 15.3 Å². The molecule has 0 aliphatic carbocycles. The third-order valence-corrected chi connectivity index (χ3v) is 3.53. The fraction of sp³-hybridized carbons (Fsp3) is 0.538. The monoisotopic (exact) mass is 294 g/mol. The molecular weight excluding hydrogens is 276 g/mol. The molecule has 2 heterocycles. The number of aromatic amines is 2. The van der Waals surface area contributed by atoms with Gasteiger partial charge in [0.1, 0.15) is 6.04 Å². The van der Waals surface area contributed by atoms with Crippen molar-refractivity contribution in [2.45, 2.75) is 38.8 Å². The molecule has 21 heavy (non-hydrogen) atoms. The van der Waals surface area contributed by atoms with Crippen LogP contribution < -0.4 is 16.6 Å². The Hall–Kier alpha value is -2.38. The zero-order valence-corrected chi connectivity index (χ0v) is 11.8. The molecule has 3 N–H and O–H groups in total. The lowest BCUT2D eigenvalue weighted by molar-refractivity contribution is -0.138. The molecule has 0 spiro atoms. The van der Waals surface area contributed by atoms with E-state index in [4.69, 9.17) is 0 Å². The lowest BCUT2D eigenvalue weighted by Gasteiger charge is -2.23. The van der Waals surface area contributed by atoms with Crippen molar-refractivity contribution >= 4 is 11.8 Å². The summed E-state index contributed by atoms with van der Waals surface area (Å²) in [5.41, 5.74) is -0.869. The number of likely N-dealkylation sites (tertiary alicyclic amines) is 1. The van der Waals surface area contributed by atoms with Crippen LogP contribution in [0.1, 0.15) is 31.7 Å². The molecule has 1 saturated heterocycles. The lowest BCUT2D eigenvalue weighted by atomic mass is 10.2. The minimum atomic E-state index is -0.592. The second kappa shape index (κ2) is 6.38. The minimum absolute atomic E-state index is 0.00953. The fourth-order valence-electron chi connectivity index (χ4n) is 2.41. The molecule has 0 unspecified atom stereocenters. The quantitative estimate of drug-likeness (QED) is 0.666. The normalized spacial score (nSPS) is 17.8. The van der Waals surface area contributed by atoms with E-state index in [0.717, 1.165) is 6.42 Å². The van der Waals surface area contributed by atoms with Crippen LogP contribution in [0.5, 0.6) is 0 Å². The Bertz CT molecular complexity index is 648. The maximum Gasteiger partial charge on any atom is 0.325 e. The lowest BCUT2D eigenvalue weighted by Crippen LogP contribution is -2.46. The summed E-state index contributed by atoms with van der Waals surface area (Å²) in [7, 11) is 0. The van der Waals surface area contributed by atoms with Gasteiger partial charge in [-0.05, 0) is 12.8 Å². The number of carbonyl (C=O) groups is 2. The van der Waals surface area contributed by atoms with Crippen LogP contribution in [0.2, 0.25) is 0 Å². The molecular formula is C13H18N4O4. The zero-order chi connectivity index (χ0) is 15.4. The largest absolute Gasteiger partial charge is 0.350 e. The van der Waals surface area contributed by atoms with Crippen LogP contribution in [0.4, 0.5) is 0 Å². The summed E-state index contributed by atoms with van der Waals surface area (Å²) in [6, 6.07) is -0.473. The van der Waals surface area contributed by atoms with E-state index >= 15 is 0 Å². The molecule has 8 nitrogen and oxygen atoms in total. The van der Waals surface area contributed by atoms with Gasteiger partial charge in [0.25, 0.3) is 5.56 Å². The number of amides is 2. The number of rotatable bonds is 4. The van der Waals surface area contributed by atoms with Crippen LogP contribution in [0.3, 0.4) is 0 Å². The van der Waals surface area contributed by atoms with Gasteiger partial charge in [0.15, 0.2) is 0 Å². The Morgan fingerprint density at radius 2 is 2.19 bits per heavy atom. The van der Waals surface area contributed by atoms with Crippen molar-refractivity contribution in [1.82, 2.24) is 20.2 Å². The highest BCUT2D eigenvalue weighted by Gasteiger charge is 2.32. The van der Waals surface area contributed by atoms with Crippen molar-refractivity contribution < 1.29 is 9.59 Å². The molecule has 1 atom stereocenters. The van der Waals surface area contributed by atoms with E-state index in [1.165, 1.54) is 6.20 Å². The van der Waals surface area contributed by atoms with Crippen molar-refractivity contribution in [3.05, 3.63) is 32.6 Å². The van der Waals surface area contributed by atoms with Gasteiger partial charge in [-0.15, -0.1) is 0 Å². The van der Waals surface area contributed by atoms with Crippen LogP contribution >= 0.6 is 0 Å². The average molecular weight is 294 g/mol. The predicted octanol–water partition coefficient (Wildman–Crippen LogP) is -0.920. The van der Waals surface area contributed by atoms with E-state index in [1.807, 2.05) is 0 Å². The van der Waals surface area contributed by atoms with Gasteiger partial charge in [-0.25, -0.2) is 4.79 Å². The number of nitrogens with zero attached hydrogens (tertiary/aromatic N) is 1. The smallest absolute Gasteiger partial charge is 0.325 e. The molecule has 2 rings (SSSR count). The van der Waals surface area contributed by atoms with E-state index in [1.54, 1.807) is 11.8 Å². The van der Waals surface area contributed by atoms with Gasteiger partial charge in [0.05, 0.1) is 5.56 Å². The summed E-state index contributed by atoms with van der Waals surface area (Å²) in [6.07, 6.45) is 3.05. The fourth-order valence-corrected chi connectivity index (χ4v) is 2.41. The topological polar surface area (TPSA) is 115 Å². The van der Waals surface area contributed by atoms with Crippen LogP contribution in [0.15, 0.2) is 15.8 Å². The SMILES string of the molecule is CCC(=O)N1CCC[C@H]1C(=O)NCc1c[nH]c(=O)[nH]c1=O. The first-order valence-corrected chi connectivity index (χ1v) is 6.91. The van der Waals surface area contributed by atoms with E-state index in [9.17, 15) is 19.2 Å². The summed E-state index contributed by atoms with van der Waals surface area (Å²) in [6.45, 7) is 2.36. The minimum Gasteiger partial charge on any atom is -0.350 e. The molecule has 8 heteroatoms. The average Bonchev–Trinajstić information content (AvgIpc) is 2.94. The van der Waals surface area contributed by atoms with Crippen molar-refractivity contribution in [1.29, 1.82) is 0 Å². The van der Waals surface area contributed by atoms with Crippen LogP contribution in [-0.2, 0) is 16.1 Å². The van der Waals surface area contributed by atoms with Crippen molar-refractivity contribution in [2.75, 3.05) is 6.54 Å². The van der Waals surface area contributed by atoms with Crippen molar-refractivity contribution in [3.8, 4) is 0 Å². The van der Waals surface area contributed by atoms with Crippen molar-refractivity contribution in [3.63, 3.8) is 0 Å². The van der Waals surface area contributed by atoms with Crippen molar-refractivity contribution in [2.24, 2.45) is 0 Å². The van der Waals surface area contributed by atoms with Crippen LogP contribution in [0, 0.1) is 0 Å². The predicted molar refractivity (Wildman–Crippen MR) is 74.6 cm³/mol. The number of aromatic nitrogens is 2. The summed E-state index contributed by atoms with van der Waals surface area (Å²) < 4.78 is 0. The second-order valence-electron chi connectivity index (χ2n) is 4.91. The molecule has 0 saturated carbocycles. The zero-order valence-electron chi connectivity index (χ0n) is 11.8. The number of hydrogen-bond acceptors (Lipinski definition) is 4. The Kier molecular flexibility index (Phi) is 4.56. The van der Waals surface area contributed by atoms with E-state index in [0.29, 0.717) is 19.4 Å². The molecule has 1 aromatic heterocycles. The van der Waals surface area contributed by atoms with Gasteiger partial charge in [0.2, 0.25) is 11.8 Å². The molecule has 1 aliphatic rings. The maximum absolute atomic E-state index is 12.1. The molecule has 0 aromatic carbocycles. The maximum atomic E-state index is 12.1. The van der Waals surface area contributed by atoms with E-state index in [-0.39, 0.29) is 23.9 Å². The first-order chi connectivity index (χ1) is 10.0.